The Morgan fingerprint density at radius 2 is 1.81 bits per heavy atom. The van der Waals surface area contributed by atoms with Crippen LogP contribution in [0.25, 0.3) is 0 Å². The molecule has 0 saturated heterocycles. The van der Waals surface area contributed by atoms with Crippen molar-refractivity contribution >= 4 is 0 Å². The van der Waals surface area contributed by atoms with Gasteiger partial charge in [-0.15, -0.1) is 0 Å². The number of unbranched alkanes of at least 4 members (excludes halogenated alkanes) is 1. The average molecular weight is 226 g/mol. The van der Waals surface area contributed by atoms with Crippen LogP contribution in [0.3, 0.4) is 0 Å². The summed E-state index contributed by atoms with van der Waals surface area (Å²) in [4.78, 5) is 0. The molecule has 1 aromatic rings. The van der Waals surface area contributed by atoms with Crippen molar-refractivity contribution in [3.63, 3.8) is 0 Å². The second-order valence-electron chi connectivity index (χ2n) is 4.18. The summed E-state index contributed by atoms with van der Waals surface area (Å²) in [5.74, 6) is -0.360. The fraction of sp³-hybridized carbons (Fsp3) is 0.538. The zero-order chi connectivity index (χ0) is 12.0. The van der Waals surface area contributed by atoms with Crippen molar-refractivity contribution in [3.8, 4) is 0 Å². The molecule has 0 saturated carbocycles. The lowest BCUT2D eigenvalue weighted by atomic mass is 9.77. The van der Waals surface area contributed by atoms with Gasteiger partial charge in [0.1, 0.15) is 5.82 Å². The molecule has 0 fully saturated rings. The predicted octanol–water partition coefficient (Wildman–Crippen LogP) is 2.24. The molecule has 2 N–H and O–H groups in total. The van der Waals surface area contributed by atoms with E-state index in [1.807, 2.05) is 6.92 Å². The third-order valence-electron chi connectivity index (χ3n) is 3.06. The summed E-state index contributed by atoms with van der Waals surface area (Å²) >= 11 is 0. The molecule has 0 unspecified atom stereocenters. The topological polar surface area (TPSA) is 40.5 Å². The molecule has 0 radical (unpaired) electrons. The van der Waals surface area contributed by atoms with Crippen molar-refractivity contribution in [2.24, 2.45) is 0 Å². The van der Waals surface area contributed by atoms with Crippen molar-refractivity contribution in [1.29, 1.82) is 0 Å². The van der Waals surface area contributed by atoms with Gasteiger partial charge in [0, 0.05) is 5.41 Å². The standard InChI is InChI=1S/C13H19FO2/c1-2-3-8-13(9-15,10-16)11-6-4-5-7-12(11)14/h4-7,15-16H,2-3,8-10H2,1H3. The van der Waals surface area contributed by atoms with Crippen LogP contribution in [0.15, 0.2) is 24.3 Å². The third-order valence-corrected chi connectivity index (χ3v) is 3.06. The zero-order valence-electron chi connectivity index (χ0n) is 9.62. The molecule has 1 rings (SSSR count). The summed E-state index contributed by atoms with van der Waals surface area (Å²) in [6.45, 7) is 1.57. The van der Waals surface area contributed by atoms with Gasteiger partial charge >= 0.3 is 0 Å². The Bertz CT molecular complexity index is 321. The van der Waals surface area contributed by atoms with E-state index in [0.29, 0.717) is 12.0 Å². The largest absolute Gasteiger partial charge is 0.395 e. The molecule has 0 aliphatic heterocycles. The van der Waals surface area contributed by atoms with Gasteiger partial charge in [0.25, 0.3) is 0 Å². The third kappa shape index (κ3) is 2.60. The first-order valence-electron chi connectivity index (χ1n) is 5.67. The van der Waals surface area contributed by atoms with Gasteiger partial charge in [-0.05, 0) is 18.1 Å². The first-order chi connectivity index (χ1) is 7.70. The smallest absolute Gasteiger partial charge is 0.127 e. The van der Waals surface area contributed by atoms with Crippen LogP contribution in [0.4, 0.5) is 4.39 Å². The molecule has 3 heteroatoms. The summed E-state index contributed by atoms with van der Waals surface area (Å²) < 4.78 is 13.7. The highest BCUT2D eigenvalue weighted by molar-refractivity contribution is 5.27. The summed E-state index contributed by atoms with van der Waals surface area (Å²) in [7, 11) is 0. The van der Waals surface area contributed by atoms with Crippen molar-refractivity contribution in [1.82, 2.24) is 0 Å². The summed E-state index contributed by atoms with van der Waals surface area (Å²) in [6, 6.07) is 6.33. The number of benzene rings is 1. The molecule has 0 aromatic heterocycles. The maximum atomic E-state index is 13.7. The van der Waals surface area contributed by atoms with Gasteiger partial charge in [0.15, 0.2) is 0 Å². The maximum absolute atomic E-state index is 13.7. The number of aliphatic hydroxyl groups is 2. The lowest BCUT2D eigenvalue weighted by molar-refractivity contribution is 0.104. The molecule has 2 nitrogen and oxygen atoms in total. The van der Waals surface area contributed by atoms with E-state index < -0.39 is 5.41 Å². The highest BCUT2D eigenvalue weighted by atomic mass is 19.1. The Labute approximate surface area is 95.7 Å². The van der Waals surface area contributed by atoms with Crippen molar-refractivity contribution < 1.29 is 14.6 Å². The van der Waals surface area contributed by atoms with Gasteiger partial charge < -0.3 is 10.2 Å². The van der Waals surface area contributed by atoms with Crippen LogP contribution >= 0.6 is 0 Å². The Hall–Kier alpha value is -0.930. The quantitative estimate of drug-likeness (QED) is 0.781. The van der Waals surface area contributed by atoms with E-state index in [9.17, 15) is 14.6 Å². The van der Waals surface area contributed by atoms with E-state index in [4.69, 9.17) is 0 Å². The minimum absolute atomic E-state index is 0.232. The Morgan fingerprint density at radius 1 is 1.19 bits per heavy atom. The number of aliphatic hydroxyl groups excluding tert-OH is 2. The number of rotatable bonds is 6. The molecule has 0 spiro atoms. The van der Waals surface area contributed by atoms with E-state index >= 15 is 0 Å². The molecule has 0 atom stereocenters. The minimum atomic E-state index is -0.846. The monoisotopic (exact) mass is 226 g/mol. The molecular formula is C13H19FO2. The highest BCUT2D eigenvalue weighted by Gasteiger charge is 2.32. The van der Waals surface area contributed by atoms with Gasteiger partial charge in [-0.3, -0.25) is 0 Å². The first kappa shape index (κ1) is 13.1. The lowest BCUT2D eigenvalue weighted by Gasteiger charge is -2.30. The van der Waals surface area contributed by atoms with E-state index in [0.717, 1.165) is 12.8 Å². The van der Waals surface area contributed by atoms with E-state index in [1.54, 1.807) is 18.2 Å². The fourth-order valence-corrected chi connectivity index (χ4v) is 1.92. The average Bonchev–Trinajstić information content (AvgIpc) is 2.33. The van der Waals surface area contributed by atoms with E-state index in [2.05, 4.69) is 0 Å². The Kier molecular flexibility index (Phi) is 4.90. The normalized spacial score (nSPS) is 11.8. The summed E-state index contributed by atoms with van der Waals surface area (Å²) in [5, 5.41) is 18.9. The maximum Gasteiger partial charge on any atom is 0.127 e. The first-order valence-corrected chi connectivity index (χ1v) is 5.67. The second kappa shape index (κ2) is 5.97. The molecule has 90 valence electrons. The van der Waals surface area contributed by atoms with Crippen molar-refractivity contribution in [3.05, 3.63) is 35.6 Å². The second-order valence-corrected chi connectivity index (χ2v) is 4.18. The molecule has 0 amide bonds. The number of halogens is 1. The van der Waals surface area contributed by atoms with Crippen LogP contribution in [-0.4, -0.2) is 23.4 Å². The lowest BCUT2D eigenvalue weighted by Crippen LogP contribution is -2.35. The molecule has 16 heavy (non-hydrogen) atoms. The Balaban J connectivity index is 3.05. The van der Waals surface area contributed by atoms with Crippen LogP contribution in [0.2, 0.25) is 0 Å². The Morgan fingerprint density at radius 3 is 2.31 bits per heavy atom. The molecule has 1 aromatic carbocycles. The van der Waals surface area contributed by atoms with Crippen LogP contribution in [0.1, 0.15) is 31.7 Å². The fourth-order valence-electron chi connectivity index (χ4n) is 1.92. The SMILES string of the molecule is CCCCC(CO)(CO)c1ccccc1F. The predicted molar refractivity (Wildman–Crippen MR) is 61.8 cm³/mol. The van der Waals surface area contributed by atoms with E-state index in [-0.39, 0.29) is 19.0 Å². The molecule has 0 aliphatic carbocycles. The van der Waals surface area contributed by atoms with Crippen LogP contribution in [0, 0.1) is 5.82 Å². The minimum Gasteiger partial charge on any atom is -0.395 e. The molecular weight excluding hydrogens is 207 g/mol. The molecule has 0 heterocycles. The van der Waals surface area contributed by atoms with Crippen molar-refractivity contribution in [2.45, 2.75) is 31.6 Å². The highest BCUT2D eigenvalue weighted by Crippen LogP contribution is 2.31. The number of hydrogen-bond acceptors (Lipinski definition) is 2. The summed E-state index contributed by atoms with van der Waals surface area (Å²) in [6.07, 6.45) is 2.41. The van der Waals surface area contributed by atoms with Gasteiger partial charge in [-0.25, -0.2) is 4.39 Å². The van der Waals surface area contributed by atoms with Crippen LogP contribution in [0.5, 0.6) is 0 Å². The van der Waals surface area contributed by atoms with Gasteiger partial charge in [0.05, 0.1) is 13.2 Å². The van der Waals surface area contributed by atoms with Crippen LogP contribution < -0.4 is 0 Å². The summed E-state index contributed by atoms with van der Waals surface area (Å²) in [5.41, 5.74) is -0.435. The van der Waals surface area contributed by atoms with Gasteiger partial charge in [0.2, 0.25) is 0 Å². The van der Waals surface area contributed by atoms with Crippen molar-refractivity contribution in [2.75, 3.05) is 13.2 Å². The molecule has 0 bridgehead atoms. The van der Waals surface area contributed by atoms with Crippen LogP contribution in [-0.2, 0) is 5.41 Å². The van der Waals surface area contributed by atoms with Gasteiger partial charge in [-0.1, -0.05) is 38.0 Å². The van der Waals surface area contributed by atoms with Gasteiger partial charge in [-0.2, -0.15) is 0 Å². The zero-order valence-corrected chi connectivity index (χ0v) is 9.62. The van der Waals surface area contributed by atoms with E-state index in [1.165, 1.54) is 6.07 Å². The number of hydrogen-bond donors (Lipinski definition) is 2. The molecule has 0 aliphatic rings.